The molecule has 5 heteroatoms. The predicted octanol–water partition coefficient (Wildman–Crippen LogP) is 2.87. The molecule has 5 nitrogen and oxygen atoms in total. The number of para-hydroxylation sites is 1. The molecule has 1 aromatic heterocycles. The molecule has 0 bridgehead atoms. The lowest BCUT2D eigenvalue weighted by Gasteiger charge is -2.36. The van der Waals surface area contributed by atoms with Gasteiger partial charge in [0.1, 0.15) is 0 Å². The van der Waals surface area contributed by atoms with Crippen LogP contribution in [0.15, 0.2) is 54.6 Å². The summed E-state index contributed by atoms with van der Waals surface area (Å²) in [4.78, 5) is 23.3. The van der Waals surface area contributed by atoms with E-state index in [-0.39, 0.29) is 5.91 Å². The first-order chi connectivity index (χ1) is 14.3. The number of carbonyl (C=O) groups is 1. The Bertz CT molecular complexity index is 989. The van der Waals surface area contributed by atoms with Gasteiger partial charge in [0.15, 0.2) is 0 Å². The summed E-state index contributed by atoms with van der Waals surface area (Å²) in [6.45, 7) is 7.05. The van der Waals surface area contributed by atoms with Gasteiger partial charge >= 0.3 is 0 Å². The Hall–Kier alpha value is -2.63. The van der Waals surface area contributed by atoms with E-state index in [1.807, 2.05) is 4.90 Å². The number of nitrogens with zero attached hydrogens (tertiary/aromatic N) is 3. The Balaban J connectivity index is 1.16. The Labute approximate surface area is 171 Å². The number of rotatable bonds is 4. The number of nitrogens with one attached hydrogen (secondary N) is 1. The van der Waals surface area contributed by atoms with Crippen LogP contribution in [0.5, 0.6) is 0 Å². The normalized spacial score (nSPS) is 18.1. The molecule has 0 radical (unpaired) electrons. The van der Waals surface area contributed by atoms with Gasteiger partial charge in [0.2, 0.25) is 5.91 Å². The number of carbonyl (C=O) groups excluding carboxylic acids is 1. The van der Waals surface area contributed by atoms with Crippen LogP contribution in [0.4, 0.5) is 0 Å². The number of amides is 1. The highest BCUT2D eigenvalue weighted by molar-refractivity contribution is 5.86. The Morgan fingerprint density at radius 2 is 1.59 bits per heavy atom. The lowest BCUT2D eigenvalue weighted by Crippen LogP contribution is -2.50. The second-order valence-electron chi connectivity index (χ2n) is 8.23. The van der Waals surface area contributed by atoms with E-state index in [2.05, 4.69) is 69.4 Å². The van der Waals surface area contributed by atoms with E-state index < -0.39 is 0 Å². The molecule has 3 aromatic rings. The van der Waals surface area contributed by atoms with Crippen LogP contribution >= 0.6 is 0 Å². The molecule has 150 valence electrons. The average molecular weight is 389 g/mol. The molecule has 1 N–H and O–H groups in total. The van der Waals surface area contributed by atoms with E-state index in [0.29, 0.717) is 6.54 Å². The fraction of sp³-hybridized carbons (Fsp3) is 0.375. The molecule has 1 fully saturated rings. The third-order valence-corrected chi connectivity index (χ3v) is 6.31. The standard InChI is InChI=1S/C24H28N4O/c29-24(18-27-14-12-26(13-15-27)16-19-6-2-1-3-7-19)28-11-10-23-21(17-28)20-8-4-5-9-22(20)25-23/h1-9,25H,10-18H2. The van der Waals surface area contributed by atoms with Crippen molar-refractivity contribution in [3.8, 4) is 0 Å². The molecule has 0 unspecified atom stereocenters. The largest absolute Gasteiger partial charge is 0.358 e. The van der Waals surface area contributed by atoms with Crippen LogP contribution in [0.3, 0.4) is 0 Å². The predicted molar refractivity (Wildman–Crippen MR) is 116 cm³/mol. The molecule has 3 heterocycles. The molecule has 0 aliphatic carbocycles. The minimum atomic E-state index is 0.262. The number of piperazine rings is 1. The zero-order valence-corrected chi connectivity index (χ0v) is 16.8. The fourth-order valence-electron chi connectivity index (χ4n) is 4.62. The zero-order valence-electron chi connectivity index (χ0n) is 16.8. The van der Waals surface area contributed by atoms with Gasteiger partial charge in [0.25, 0.3) is 0 Å². The van der Waals surface area contributed by atoms with Crippen molar-refractivity contribution >= 4 is 16.8 Å². The quantitative estimate of drug-likeness (QED) is 0.747. The Kier molecular flexibility index (Phi) is 5.08. The Morgan fingerprint density at radius 1 is 0.862 bits per heavy atom. The topological polar surface area (TPSA) is 42.6 Å². The van der Waals surface area contributed by atoms with Crippen molar-refractivity contribution in [3.63, 3.8) is 0 Å². The van der Waals surface area contributed by atoms with Crippen LogP contribution in [-0.4, -0.2) is 64.9 Å². The highest BCUT2D eigenvalue weighted by Crippen LogP contribution is 2.27. The summed E-state index contributed by atoms with van der Waals surface area (Å²) in [7, 11) is 0. The van der Waals surface area contributed by atoms with Gasteiger partial charge in [-0.3, -0.25) is 14.6 Å². The molecule has 1 saturated heterocycles. The molecule has 1 amide bonds. The molecular formula is C24H28N4O. The highest BCUT2D eigenvalue weighted by atomic mass is 16.2. The maximum absolute atomic E-state index is 13.0. The first kappa shape index (κ1) is 18.4. The van der Waals surface area contributed by atoms with Gasteiger partial charge in [0.05, 0.1) is 6.54 Å². The van der Waals surface area contributed by atoms with Crippen LogP contribution < -0.4 is 0 Å². The average Bonchev–Trinajstić information content (AvgIpc) is 3.14. The van der Waals surface area contributed by atoms with Gasteiger partial charge in [-0.25, -0.2) is 0 Å². The van der Waals surface area contributed by atoms with Crippen LogP contribution in [0, 0.1) is 0 Å². The maximum atomic E-state index is 13.0. The minimum absolute atomic E-state index is 0.262. The lowest BCUT2D eigenvalue weighted by molar-refractivity contribution is -0.133. The molecule has 2 aliphatic rings. The lowest BCUT2D eigenvalue weighted by atomic mass is 10.0. The molecule has 0 atom stereocenters. The number of benzene rings is 2. The second kappa shape index (κ2) is 8.01. The van der Waals surface area contributed by atoms with E-state index in [4.69, 9.17) is 0 Å². The van der Waals surface area contributed by atoms with Gasteiger partial charge < -0.3 is 9.88 Å². The summed E-state index contributed by atoms with van der Waals surface area (Å²) in [5, 5.41) is 1.26. The van der Waals surface area contributed by atoms with Crippen LogP contribution in [0.1, 0.15) is 16.8 Å². The summed E-state index contributed by atoms with van der Waals surface area (Å²) in [6, 6.07) is 19.0. The molecule has 2 aliphatic heterocycles. The van der Waals surface area contributed by atoms with Crippen molar-refractivity contribution in [1.82, 2.24) is 19.7 Å². The van der Waals surface area contributed by atoms with Crippen molar-refractivity contribution in [2.24, 2.45) is 0 Å². The Morgan fingerprint density at radius 3 is 2.41 bits per heavy atom. The minimum Gasteiger partial charge on any atom is -0.358 e. The van der Waals surface area contributed by atoms with E-state index in [1.54, 1.807) is 0 Å². The van der Waals surface area contributed by atoms with Gasteiger partial charge in [-0.2, -0.15) is 0 Å². The van der Waals surface area contributed by atoms with Crippen LogP contribution in [0.2, 0.25) is 0 Å². The third kappa shape index (κ3) is 3.93. The monoisotopic (exact) mass is 388 g/mol. The van der Waals surface area contributed by atoms with Gasteiger partial charge in [-0.15, -0.1) is 0 Å². The van der Waals surface area contributed by atoms with E-state index in [9.17, 15) is 4.79 Å². The summed E-state index contributed by atoms with van der Waals surface area (Å²) in [6.07, 6.45) is 0.917. The van der Waals surface area contributed by atoms with Crippen LogP contribution in [-0.2, 0) is 24.3 Å². The number of hydrogen-bond donors (Lipinski definition) is 1. The summed E-state index contributed by atoms with van der Waals surface area (Å²) < 4.78 is 0. The molecule has 29 heavy (non-hydrogen) atoms. The first-order valence-corrected chi connectivity index (χ1v) is 10.6. The van der Waals surface area contributed by atoms with E-state index in [1.165, 1.54) is 27.7 Å². The first-order valence-electron chi connectivity index (χ1n) is 10.6. The van der Waals surface area contributed by atoms with Crippen molar-refractivity contribution < 1.29 is 4.79 Å². The van der Waals surface area contributed by atoms with Crippen LogP contribution in [0.25, 0.3) is 10.9 Å². The fourth-order valence-corrected chi connectivity index (χ4v) is 4.62. The van der Waals surface area contributed by atoms with Crippen molar-refractivity contribution in [2.75, 3.05) is 39.3 Å². The molecule has 0 saturated carbocycles. The summed E-state index contributed by atoms with van der Waals surface area (Å²) >= 11 is 0. The summed E-state index contributed by atoms with van der Waals surface area (Å²) in [5.41, 5.74) is 5.14. The number of aromatic amines is 1. The maximum Gasteiger partial charge on any atom is 0.237 e. The molecule has 0 spiro atoms. The van der Waals surface area contributed by atoms with Crippen molar-refractivity contribution in [1.29, 1.82) is 0 Å². The SMILES string of the molecule is O=C(CN1CCN(Cc2ccccc2)CC1)N1CCc2[nH]c3ccccc3c2C1. The third-order valence-electron chi connectivity index (χ3n) is 6.31. The van der Waals surface area contributed by atoms with Gasteiger partial charge in [-0.05, 0) is 11.6 Å². The van der Waals surface area contributed by atoms with E-state index in [0.717, 1.165) is 52.2 Å². The van der Waals surface area contributed by atoms with E-state index >= 15 is 0 Å². The molecule has 2 aromatic carbocycles. The number of fused-ring (bicyclic) bond motifs is 3. The van der Waals surface area contributed by atoms with Crippen molar-refractivity contribution in [2.45, 2.75) is 19.5 Å². The smallest absolute Gasteiger partial charge is 0.237 e. The number of hydrogen-bond acceptors (Lipinski definition) is 3. The number of aromatic nitrogens is 1. The second-order valence-corrected chi connectivity index (χ2v) is 8.23. The van der Waals surface area contributed by atoms with Gasteiger partial charge in [-0.1, -0.05) is 48.5 Å². The summed E-state index contributed by atoms with van der Waals surface area (Å²) in [5.74, 6) is 0.262. The molecular weight excluding hydrogens is 360 g/mol. The highest BCUT2D eigenvalue weighted by Gasteiger charge is 2.26. The zero-order chi connectivity index (χ0) is 19.6. The number of H-pyrrole nitrogens is 1. The molecule has 5 rings (SSSR count). The van der Waals surface area contributed by atoms with Crippen molar-refractivity contribution in [3.05, 3.63) is 71.4 Å². The van der Waals surface area contributed by atoms with Gasteiger partial charge in [0, 0.05) is 74.4 Å².